The summed E-state index contributed by atoms with van der Waals surface area (Å²) >= 11 is 7.70. The molecule has 0 spiro atoms. The molecule has 0 saturated heterocycles. The van der Waals surface area contributed by atoms with Gasteiger partial charge in [0.25, 0.3) is 0 Å². The molecule has 4 rings (SSSR count). The number of ether oxygens (including phenoxy) is 1. The zero-order valence-electron chi connectivity index (χ0n) is 14.3. The van der Waals surface area contributed by atoms with Crippen LogP contribution in [0.25, 0.3) is 5.57 Å². The molecule has 1 aromatic carbocycles. The molecule has 144 valence electrons. The molecule has 0 fully saturated rings. The molecule has 28 heavy (non-hydrogen) atoms. The maximum atomic E-state index is 13.1. The van der Waals surface area contributed by atoms with Gasteiger partial charge in [-0.3, -0.25) is 0 Å². The van der Waals surface area contributed by atoms with Crippen molar-refractivity contribution < 1.29 is 17.9 Å². The normalized spacial score (nSPS) is 16.7. The van der Waals surface area contributed by atoms with E-state index >= 15 is 0 Å². The predicted molar refractivity (Wildman–Crippen MR) is 104 cm³/mol. The third-order valence-corrected chi connectivity index (χ3v) is 4.98. The van der Waals surface area contributed by atoms with Gasteiger partial charge in [-0.25, -0.2) is 4.98 Å². The van der Waals surface area contributed by atoms with Crippen LogP contribution >= 0.6 is 23.5 Å². The number of nitrogens with zero attached hydrogens (tertiary/aromatic N) is 3. The molecule has 0 bridgehead atoms. The van der Waals surface area contributed by atoms with E-state index in [0.29, 0.717) is 5.03 Å². The number of hydrogen-bond acceptors (Lipinski definition) is 5. The van der Waals surface area contributed by atoms with E-state index in [4.69, 9.17) is 16.3 Å². The van der Waals surface area contributed by atoms with E-state index in [-0.39, 0.29) is 5.75 Å². The maximum Gasteiger partial charge on any atom is 0.421 e. The first kappa shape index (κ1) is 18.9. The zero-order valence-corrected chi connectivity index (χ0v) is 15.9. The minimum atomic E-state index is -4.54. The van der Waals surface area contributed by atoms with Crippen molar-refractivity contribution in [3.63, 3.8) is 0 Å². The molecule has 0 unspecified atom stereocenters. The number of rotatable bonds is 3. The van der Waals surface area contributed by atoms with Gasteiger partial charge >= 0.3 is 6.18 Å². The molecule has 4 nitrogen and oxygen atoms in total. The molecule has 0 N–H and O–H groups in total. The minimum absolute atomic E-state index is 0.253. The molecule has 1 aromatic heterocycles. The molecule has 0 saturated carbocycles. The number of pyridine rings is 1. The van der Waals surface area contributed by atoms with Gasteiger partial charge in [0.15, 0.2) is 0 Å². The standard InChI is InChI=1S/C19H13ClF3N3OS/c20-13-10-15(17-25-28-9-8-26(17)11-13)12-3-5-14(6-4-12)27-18-16(19(21,22)23)2-1-7-24-18/h1-7,10-11H,8-9H2. The average Bonchev–Trinajstić information content (AvgIpc) is 2.67. The van der Waals surface area contributed by atoms with Crippen molar-refractivity contribution in [2.45, 2.75) is 6.18 Å². The Morgan fingerprint density at radius 3 is 2.68 bits per heavy atom. The molecule has 0 radical (unpaired) electrons. The highest BCUT2D eigenvalue weighted by Gasteiger charge is 2.35. The lowest BCUT2D eigenvalue weighted by molar-refractivity contribution is -0.138. The summed E-state index contributed by atoms with van der Waals surface area (Å²) in [5, 5.41) is 0.587. The van der Waals surface area contributed by atoms with E-state index in [0.717, 1.165) is 35.3 Å². The second-order valence-electron chi connectivity index (χ2n) is 5.99. The van der Waals surface area contributed by atoms with Crippen molar-refractivity contribution in [3.05, 3.63) is 71.0 Å². The number of benzene rings is 1. The van der Waals surface area contributed by atoms with Gasteiger partial charge in [0, 0.05) is 30.3 Å². The quantitative estimate of drug-likeness (QED) is 0.591. The molecule has 0 atom stereocenters. The van der Waals surface area contributed by atoms with E-state index in [2.05, 4.69) is 9.38 Å². The third-order valence-electron chi connectivity index (χ3n) is 4.11. The summed E-state index contributed by atoms with van der Waals surface area (Å²) in [7, 11) is 0. The largest absolute Gasteiger partial charge is 0.438 e. The third kappa shape index (κ3) is 3.88. The first-order chi connectivity index (χ1) is 13.4. The van der Waals surface area contributed by atoms with Crippen molar-refractivity contribution >= 4 is 35.0 Å². The van der Waals surface area contributed by atoms with Crippen LogP contribution in [0.15, 0.2) is 64.3 Å². The zero-order chi connectivity index (χ0) is 19.7. The van der Waals surface area contributed by atoms with Gasteiger partial charge in [0.1, 0.15) is 17.1 Å². The lowest BCUT2D eigenvalue weighted by Gasteiger charge is -2.30. The minimum Gasteiger partial charge on any atom is -0.438 e. The fourth-order valence-corrected chi connectivity index (χ4v) is 3.76. The van der Waals surface area contributed by atoms with Crippen molar-refractivity contribution in [1.82, 2.24) is 9.88 Å². The molecular formula is C19H13ClF3N3OS. The number of fused-ring (bicyclic) bond motifs is 1. The summed E-state index contributed by atoms with van der Waals surface area (Å²) in [4.78, 5) is 5.70. The Morgan fingerprint density at radius 1 is 1.14 bits per heavy atom. The smallest absolute Gasteiger partial charge is 0.421 e. The maximum absolute atomic E-state index is 13.1. The van der Waals surface area contributed by atoms with Gasteiger partial charge in [0.05, 0.1) is 5.03 Å². The Hall–Kier alpha value is -2.45. The Bertz CT molecular complexity index is 987. The van der Waals surface area contributed by atoms with Crippen molar-refractivity contribution in [2.24, 2.45) is 4.40 Å². The monoisotopic (exact) mass is 423 g/mol. The summed E-state index contributed by atoms with van der Waals surface area (Å²) in [6, 6.07) is 8.86. The highest BCUT2D eigenvalue weighted by Crippen LogP contribution is 2.37. The van der Waals surface area contributed by atoms with Gasteiger partial charge in [-0.05, 0) is 47.9 Å². The number of halogens is 4. The van der Waals surface area contributed by atoms with Crippen molar-refractivity contribution in [2.75, 3.05) is 12.3 Å². The Morgan fingerprint density at radius 2 is 1.93 bits per heavy atom. The number of hydrogen-bond donors (Lipinski definition) is 0. The van der Waals surface area contributed by atoms with E-state index in [1.807, 2.05) is 17.2 Å². The molecule has 2 aromatic rings. The first-order valence-electron chi connectivity index (χ1n) is 8.28. The predicted octanol–water partition coefficient (Wildman–Crippen LogP) is 5.73. The SMILES string of the molecule is FC(F)(F)c1cccnc1Oc1ccc(C2=CC(Cl)=CN3CCSN=C23)cc1. The number of aromatic nitrogens is 1. The van der Waals surface area contributed by atoms with Gasteiger partial charge in [0.2, 0.25) is 5.88 Å². The highest BCUT2D eigenvalue weighted by atomic mass is 35.5. The summed E-state index contributed by atoms with van der Waals surface area (Å²) < 4.78 is 49.1. The Labute approximate surface area is 168 Å². The van der Waals surface area contributed by atoms with Crippen LogP contribution in [-0.4, -0.2) is 28.0 Å². The van der Waals surface area contributed by atoms with E-state index in [1.54, 1.807) is 24.3 Å². The van der Waals surface area contributed by atoms with Crippen LogP contribution in [-0.2, 0) is 6.18 Å². The van der Waals surface area contributed by atoms with Gasteiger partial charge in [-0.2, -0.15) is 17.6 Å². The number of allylic oxidation sites excluding steroid dienone is 2. The first-order valence-corrected chi connectivity index (χ1v) is 9.60. The molecule has 0 amide bonds. The van der Waals surface area contributed by atoms with E-state index in [1.165, 1.54) is 24.2 Å². The molecule has 2 aliphatic heterocycles. The van der Waals surface area contributed by atoms with Gasteiger partial charge < -0.3 is 9.64 Å². The fraction of sp³-hybridized carbons (Fsp3) is 0.158. The molecule has 0 aliphatic carbocycles. The van der Waals surface area contributed by atoms with Crippen LogP contribution in [0.1, 0.15) is 11.1 Å². The molecule has 2 aliphatic rings. The van der Waals surface area contributed by atoms with Crippen LogP contribution in [0.5, 0.6) is 11.6 Å². The summed E-state index contributed by atoms with van der Waals surface area (Å²) in [5.74, 6) is 1.45. The van der Waals surface area contributed by atoms with Crippen molar-refractivity contribution in [3.8, 4) is 11.6 Å². The second-order valence-corrected chi connectivity index (χ2v) is 7.28. The highest BCUT2D eigenvalue weighted by molar-refractivity contribution is 7.98. The second kappa shape index (κ2) is 7.52. The van der Waals surface area contributed by atoms with Crippen LogP contribution in [0.4, 0.5) is 13.2 Å². The Kier molecular flexibility index (Phi) is 5.07. The van der Waals surface area contributed by atoms with Crippen LogP contribution in [0, 0.1) is 0 Å². The van der Waals surface area contributed by atoms with Gasteiger partial charge in [-0.1, -0.05) is 23.7 Å². The topological polar surface area (TPSA) is 37.7 Å². The molecule has 3 heterocycles. The number of alkyl halides is 3. The van der Waals surface area contributed by atoms with E-state index < -0.39 is 17.6 Å². The molecule has 9 heteroatoms. The van der Waals surface area contributed by atoms with Crippen LogP contribution in [0.3, 0.4) is 0 Å². The summed E-state index contributed by atoms with van der Waals surface area (Å²) in [6.45, 7) is 0.804. The summed E-state index contributed by atoms with van der Waals surface area (Å²) in [5.41, 5.74) is 0.761. The number of amidine groups is 1. The summed E-state index contributed by atoms with van der Waals surface area (Å²) in [6.07, 6.45) is 0.368. The lowest BCUT2D eigenvalue weighted by Crippen LogP contribution is -2.33. The van der Waals surface area contributed by atoms with Crippen LogP contribution < -0.4 is 4.74 Å². The van der Waals surface area contributed by atoms with Crippen LogP contribution in [0.2, 0.25) is 0 Å². The van der Waals surface area contributed by atoms with Gasteiger partial charge in [-0.15, -0.1) is 0 Å². The average molecular weight is 424 g/mol. The fourth-order valence-electron chi connectivity index (χ4n) is 2.84. The van der Waals surface area contributed by atoms with E-state index in [9.17, 15) is 13.2 Å². The molecular weight excluding hydrogens is 411 g/mol. The Balaban J connectivity index is 1.61. The van der Waals surface area contributed by atoms with Crippen molar-refractivity contribution in [1.29, 1.82) is 0 Å². The lowest BCUT2D eigenvalue weighted by atomic mass is 10.0.